The zero-order chi connectivity index (χ0) is 18.6. The van der Waals surface area contributed by atoms with Gasteiger partial charge in [-0.2, -0.15) is 0 Å². The minimum atomic E-state index is -0.439. The third-order valence-corrected chi connectivity index (χ3v) is 5.92. The molecule has 1 fully saturated rings. The van der Waals surface area contributed by atoms with Crippen molar-refractivity contribution >= 4 is 17.3 Å². The second kappa shape index (κ2) is 8.51. The van der Waals surface area contributed by atoms with E-state index in [0.717, 1.165) is 49.9 Å². The number of anilines is 1. The molecule has 4 nitrogen and oxygen atoms in total. The van der Waals surface area contributed by atoms with Crippen molar-refractivity contribution in [3.05, 3.63) is 58.6 Å². The molecule has 2 aromatic carbocycles. The van der Waals surface area contributed by atoms with Gasteiger partial charge in [0.25, 0.3) is 0 Å². The number of nitrogens with one attached hydrogen (secondary N) is 1. The molecule has 2 aromatic rings. The van der Waals surface area contributed by atoms with Crippen molar-refractivity contribution in [2.24, 2.45) is 0 Å². The number of nitrogens with zero attached hydrogens (tertiary/aromatic N) is 1. The molecule has 2 aliphatic rings. The molecule has 0 unspecified atom stereocenters. The summed E-state index contributed by atoms with van der Waals surface area (Å²) < 4.78 is 5.85. The first-order chi connectivity index (χ1) is 13.2. The maximum absolute atomic E-state index is 10.4. The number of aliphatic hydroxyl groups is 1. The van der Waals surface area contributed by atoms with Crippen LogP contribution < -0.4 is 14.5 Å². The van der Waals surface area contributed by atoms with Crippen molar-refractivity contribution in [1.29, 1.82) is 0 Å². The fraction of sp³-hybridized carbons (Fsp3) is 0.455. The molecule has 0 radical (unpaired) electrons. The number of halogens is 1. The first-order valence-electron chi connectivity index (χ1n) is 9.94. The van der Waals surface area contributed by atoms with Crippen LogP contribution >= 0.6 is 11.6 Å². The molecule has 1 atom stereocenters. The third-order valence-electron chi connectivity index (χ3n) is 5.68. The lowest BCUT2D eigenvalue weighted by atomic mass is 10.1. The van der Waals surface area contributed by atoms with Gasteiger partial charge in [0.1, 0.15) is 25.0 Å². The van der Waals surface area contributed by atoms with Crippen molar-refractivity contribution in [2.75, 3.05) is 44.2 Å². The number of hydrogen-bond donors (Lipinski definition) is 2. The number of piperazine rings is 1. The average Bonchev–Trinajstić information content (AvgIpc) is 3.15. The maximum Gasteiger partial charge on any atom is 0.137 e. The van der Waals surface area contributed by atoms with Crippen molar-refractivity contribution in [1.82, 2.24) is 0 Å². The number of aryl methyl sites for hydroxylation is 2. The highest BCUT2D eigenvalue weighted by Gasteiger charge is 2.23. The average molecular weight is 388 g/mol. The Kier molecular flexibility index (Phi) is 5.86. The van der Waals surface area contributed by atoms with E-state index in [0.29, 0.717) is 6.61 Å². The smallest absolute Gasteiger partial charge is 0.137 e. The second-order valence-corrected chi connectivity index (χ2v) is 8.11. The quantitative estimate of drug-likeness (QED) is 0.795. The lowest BCUT2D eigenvalue weighted by Gasteiger charge is -2.34. The van der Waals surface area contributed by atoms with Crippen LogP contribution in [0.4, 0.5) is 5.69 Å². The van der Waals surface area contributed by atoms with Gasteiger partial charge in [-0.05, 0) is 60.7 Å². The van der Waals surface area contributed by atoms with Gasteiger partial charge in [-0.15, -0.1) is 0 Å². The number of rotatable bonds is 6. The Morgan fingerprint density at radius 3 is 2.70 bits per heavy atom. The fourth-order valence-electron chi connectivity index (χ4n) is 4.18. The van der Waals surface area contributed by atoms with Crippen molar-refractivity contribution in [3.8, 4) is 5.75 Å². The van der Waals surface area contributed by atoms with Crippen LogP contribution in [0.15, 0.2) is 42.5 Å². The Morgan fingerprint density at radius 2 is 1.89 bits per heavy atom. The zero-order valence-electron chi connectivity index (χ0n) is 15.7. The summed E-state index contributed by atoms with van der Waals surface area (Å²) in [7, 11) is 0. The molecule has 0 aromatic heterocycles. The molecule has 0 spiro atoms. The van der Waals surface area contributed by atoms with Crippen LogP contribution in [0, 0.1) is 0 Å². The van der Waals surface area contributed by atoms with E-state index in [9.17, 15) is 5.11 Å². The Bertz CT molecular complexity index is 775. The van der Waals surface area contributed by atoms with E-state index in [2.05, 4.69) is 23.1 Å². The largest absolute Gasteiger partial charge is 0.491 e. The molecule has 0 saturated carbocycles. The van der Waals surface area contributed by atoms with E-state index in [1.54, 1.807) is 0 Å². The van der Waals surface area contributed by atoms with Crippen LogP contribution in [0.2, 0.25) is 5.02 Å². The molecule has 0 amide bonds. The van der Waals surface area contributed by atoms with Crippen molar-refractivity contribution < 1.29 is 14.7 Å². The van der Waals surface area contributed by atoms with Crippen LogP contribution in [0.1, 0.15) is 17.5 Å². The normalized spacial score (nSPS) is 18.4. The molecule has 0 bridgehead atoms. The predicted octanol–water partition coefficient (Wildman–Crippen LogP) is 1.97. The molecule has 5 heteroatoms. The summed E-state index contributed by atoms with van der Waals surface area (Å²) in [6.45, 7) is 5.08. The Morgan fingerprint density at radius 1 is 1.07 bits per heavy atom. The highest BCUT2D eigenvalue weighted by Crippen LogP contribution is 2.26. The number of hydrogen-bond acceptors (Lipinski definition) is 3. The number of ether oxygens (including phenoxy) is 1. The predicted molar refractivity (Wildman–Crippen MR) is 109 cm³/mol. The number of benzene rings is 2. The van der Waals surface area contributed by atoms with E-state index in [-0.39, 0.29) is 0 Å². The van der Waals surface area contributed by atoms with Crippen LogP contribution in [-0.2, 0) is 12.8 Å². The highest BCUT2D eigenvalue weighted by atomic mass is 35.5. The van der Waals surface area contributed by atoms with Gasteiger partial charge in [0.2, 0.25) is 0 Å². The molecule has 1 aliphatic heterocycles. The molecule has 1 saturated heterocycles. The van der Waals surface area contributed by atoms with Gasteiger partial charge in [0.15, 0.2) is 0 Å². The molecule has 27 heavy (non-hydrogen) atoms. The van der Waals surface area contributed by atoms with Gasteiger partial charge in [-0.3, -0.25) is 0 Å². The van der Waals surface area contributed by atoms with E-state index in [4.69, 9.17) is 16.3 Å². The highest BCUT2D eigenvalue weighted by molar-refractivity contribution is 6.30. The van der Waals surface area contributed by atoms with Gasteiger partial charge in [0, 0.05) is 10.7 Å². The molecular weight excluding hydrogens is 360 g/mol. The van der Waals surface area contributed by atoms with Gasteiger partial charge < -0.3 is 19.6 Å². The summed E-state index contributed by atoms with van der Waals surface area (Å²) in [6, 6.07) is 14.4. The molecule has 2 N–H and O–H groups in total. The van der Waals surface area contributed by atoms with Gasteiger partial charge in [0.05, 0.1) is 26.2 Å². The summed E-state index contributed by atoms with van der Waals surface area (Å²) in [6.07, 6.45) is 3.14. The third kappa shape index (κ3) is 4.75. The minimum absolute atomic E-state index is 0.361. The summed E-state index contributed by atoms with van der Waals surface area (Å²) in [5, 5.41) is 11.2. The van der Waals surface area contributed by atoms with Crippen LogP contribution in [-0.4, -0.2) is 50.5 Å². The van der Waals surface area contributed by atoms with E-state index < -0.39 is 6.10 Å². The number of fused-ring (bicyclic) bond motifs is 1. The topological polar surface area (TPSA) is 37.1 Å². The molecule has 1 aliphatic carbocycles. The molecule has 144 valence electrons. The maximum atomic E-state index is 10.4. The first kappa shape index (κ1) is 18.6. The zero-order valence-corrected chi connectivity index (χ0v) is 16.4. The minimum Gasteiger partial charge on any atom is -0.491 e. The second-order valence-electron chi connectivity index (χ2n) is 7.67. The Labute approximate surface area is 166 Å². The van der Waals surface area contributed by atoms with E-state index in [1.165, 1.54) is 34.6 Å². The number of quaternary nitrogens is 1. The van der Waals surface area contributed by atoms with E-state index >= 15 is 0 Å². The lowest BCUT2D eigenvalue weighted by molar-refractivity contribution is -0.903. The van der Waals surface area contributed by atoms with Crippen molar-refractivity contribution in [2.45, 2.75) is 25.4 Å². The number of aliphatic hydroxyl groups excluding tert-OH is 1. The van der Waals surface area contributed by atoms with Crippen LogP contribution in [0.25, 0.3) is 0 Å². The summed E-state index contributed by atoms with van der Waals surface area (Å²) in [4.78, 5) is 3.79. The van der Waals surface area contributed by atoms with Crippen LogP contribution in [0.3, 0.4) is 0 Å². The summed E-state index contributed by atoms with van der Waals surface area (Å²) >= 11 is 6.10. The van der Waals surface area contributed by atoms with Gasteiger partial charge >= 0.3 is 0 Å². The fourth-order valence-corrected chi connectivity index (χ4v) is 4.37. The van der Waals surface area contributed by atoms with Gasteiger partial charge in [-0.25, -0.2) is 0 Å². The summed E-state index contributed by atoms with van der Waals surface area (Å²) in [5.41, 5.74) is 4.04. The monoisotopic (exact) mass is 387 g/mol. The molecular formula is C22H28ClN2O2+. The SMILES string of the molecule is O[C@@H](COc1ccc2c(c1)CCC2)C[NH+]1CCN(c2cccc(Cl)c2)CC1. The standard InChI is InChI=1S/C22H27ClN2O2/c23-19-5-2-6-20(14-19)25-11-9-24(10-12-25)15-21(26)16-27-22-8-7-17-3-1-4-18(17)13-22/h2,5-8,13-14,21,26H,1,3-4,9-12,15-16H2/p+1/t21-/m1/s1. The first-order valence-corrected chi connectivity index (χ1v) is 10.3. The lowest BCUT2D eigenvalue weighted by Crippen LogP contribution is -3.16. The van der Waals surface area contributed by atoms with Crippen LogP contribution in [0.5, 0.6) is 5.75 Å². The van der Waals surface area contributed by atoms with E-state index in [1.807, 2.05) is 24.3 Å². The van der Waals surface area contributed by atoms with Crippen molar-refractivity contribution in [3.63, 3.8) is 0 Å². The van der Waals surface area contributed by atoms with Gasteiger partial charge in [-0.1, -0.05) is 23.7 Å². The Balaban J connectivity index is 1.22. The summed E-state index contributed by atoms with van der Waals surface area (Å²) in [5.74, 6) is 0.885. The Hall–Kier alpha value is -1.75. The molecule has 1 heterocycles. The molecule has 4 rings (SSSR count).